The molecular formula is C23H21FN2O3S. The van der Waals surface area contributed by atoms with E-state index in [0.29, 0.717) is 24.7 Å². The van der Waals surface area contributed by atoms with Gasteiger partial charge in [-0.05, 0) is 67.2 Å². The van der Waals surface area contributed by atoms with Gasteiger partial charge in [0.2, 0.25) is 0 Å². The third-order valence-corrected chi connectivity index (χ3v) is 5.63. The molecule has 3 aromatic carbocycles. The summed E-state index contributed by atoms with van der Waals surface area (Å²) in [6.45, 7) is 1.22. The van der Waals surface area contributed by atoms with E-state index in [9.17, 15) is 9.50 Å². The molecule has 0 amide bonds. The molecule has 0 atom stereocenters. The van der Waals surface area contributed by atoms with Crippen molar-refractivity contribution in [3.8, 4) is 33.4 Å². The summed E-state index contributed by atoms with van der Waals surface area (Å²) in [5, 5.41) is 10.7. The number of hydrogen-bond donors (Lipinski definition) is 3. The van der Waals surface area contributed by atoms with Gasteiger partial charge in [-0.2, -0.15) is 0 Å². The first-order valence-corrected chi connectivity index (χ1v) is 10.3. The zero-order valence-electron chi connectivity index (χ0n) is 16.3. The standard InChI is InChI=1S/C23H21FN2O3S/c1-25-26-12-13-28-18-7-9-19(10-8-18)29-22-20-11-6-17(27)14-21(20)30-23(22)15-2-4-16(24)5-3-15/h2-11,14,25-27H,12-13H2,1H3. The van der Waals surface area contributed by atoms with E-state index in [-0.39, 0.29) is 11.6 Å². The van der Waals surface area contributed by atoms with E-state index in [0.717, 1.165) is 26.3 Å². The number of hydrazine groups is 1. The Labute approximate surface area is 177 Å². The van der Waals surface area contributed by atoms with Crippen molar-refractivity contribution < 1.29 is 19.0 Å². The van der Waals surface area contributed by atoms with E-state index >= 15 is 0 Å². The topological polar surface area (TPSA) is 62.8 Å². The molecule has 4 rings (SSSR count). The third kappa shape index (κ3) is 4.54. The molecule has 0 radical (unpaired) electrons. The molecule has 0 aliphatic rings. The first kappa shape index (κ1) is 20.2. The van der Waals surface area contributed by atoms with E-state index in [4.69, 9.17) is 9.47 Å². The predicted octanol–water partition coefficient (Wildman–Crippen LogP) is 5.31. The maximum absolute atomic E-state index is 13.4. The summed E-state index contributed by atoms with van der Waals surface area (Å²) in [4.78, 5) is 0.870. The molecule has 0 aliphatic carbocycles. The second-order valence-corrected chi connectivity index (χ2v) is 7.60. The summed E-state index contributed by atoms with van der Waals surface area (Å²) >= 11 is 1.49. The van der Waals surface area contributed by atoms with Gasteiger partial charge < -0.3 is 14.6 Å². The molecule has 0 spiro atoms. The van der Waals surface area contributed by atoms with Crippen molar-refractivity contribution in [2.45, 2.75) is 0 Å². The average molecular weight is 424 g/mol. The maximum Gasteiger partial charge on any atom is 0.153 e. The Morgan fingerprint density at radius 2 is 1.70 bits per heavy atom. The Morgan fingerprint density at radius 3 is 2.43 bits per heavy atom. The van der Waals surface area contributed by atoms with Crippen LogP contribution in [0.5, 0.6) is 23.0 Å². The highest BCUT2D eigenvalue weighted by Gasteiger charge is 2.17. The Bertz CT molecular complexity index is 1130. The summed E-state index contributed by atoms with van der Waals surface area (Å²) in [5.41, 5.74) is 6.66. The molecular weight excluding hydrogens is 403 g/mol. The van der Waals surface area contributed by atoms with Gasteiger partial charge in [-0.3, -0.25) is 10.9 Å². The average Bonchev–Trinajstić information content (AvgIpc) is 3.10. The Kier molecular flexibility index (Phi) is 6.13. The zero-order valence-corrected chi connectivity index (χ0v) is 17.1. The number of hydrogen-bond acceptors (Lipinski definition) is 6. The summed E-state index contributed by atoms with van der Waals surface area (Å²) in [6, 6.07) is 18.9. The largest absolute Gasteiger partial charge is 0.508 e. The van der Waals surface area contributed by atoms with Crippen LogP contribution in [0.4, 0.5) is 4.39 Å². The molecule has 0 saturated carbocycles. The van der Waals surface area contributed by atoms with Crippen molar-refractivity contribution in [3.63, 3.8) is 0 Å². The number of thiophene rings is 1. The van der Waals surface area contributed by atoms with E-state index in [1.54, 1.807) is 24.3 Å². The van der Waals surface area contributed by atoms with Gasteiger partial charge in [0.05, 0.1) is 4.88 Å². The summed E-state index contributed by atoms with van der Waals surface area (Å²) in [6.07, 6.45) is 0. The van der Waals surface area contributed by atoms with Crippen molar-refractivity contribution in [1.82, 2.24) is 10.9 Å². The number of rotatable bonds is 8. The molecule has 30 heavy (non-hydrogen) atoms. The lowest BCUT2D eigenvalue weighted by molar-refractivity contribution is 0.307. The van der Waals surface area contributed by atoms with Crippen LogP contribution in [-0.2, 0) is 0 Å². The predicted molar refractivity (Wildman–Crippen MR) is 118 cm³/mol. The highest BCUT2D eigenvalue weighted by atomic mass is 32.1. The summed E-state index contributed by atoms with van der Waals surface area (Å²) in [7, 11) is 1.81. The number of ether oxygens (including phenoxy) is 2. The van der Waals surface area contributed by atoms with Crippen molar-refractivity contribution in [2.24, 2.45) is 0 Å². The van der Waals surface area contributed by atoms with Crippen molar-refractivity contribution >= 4 is 21.4 Å². The number of halogens is 1. The molecule has 0 bridgehead atoms. The highest BCUT2D eigenvalue weighted by molar-refractivity contribution is 7.22. The van der Waals surface area contributed by atoms with Crippen LogP contribution >= 0.6 is 11.3 Å². The van der Waals surface area contributed by atoms with Crippen LogP contribution in [0, 0.1) is 5.82 Å². The first-order chi connectivity index (χ1) is 14.6. The molecule has 1 heterocycles. The van der Waals surface area contributed by atoms with Crippen LogP contribution in [0.2, 0.25) is 0 Å². The molecule has 7 heteroatoms. The number of aromatic hydroxyl groups is 1. The molecule has 0 aliphatic heterocycles. The minimum atomic E-state index is -0.291. The number of phenols is 1. The van der Waals surface area contributed by atoms with E-state index in [1.165, 1.54) is 23.5 Å². The van der Waals surface area contributed by atoms with Gasteiger partial charge in [-0.25, -0.2) is 4.39 Å². The van der Waals surface area contributed by atoms with Gasteiger partial charge in [0.25, 0.3) is 0 Å². The van der Waals surface area contributed by atoms with Crippen LogP contribution < -0.4 is 20.3 Å². The zero-order chi connectivity index (χ0) is 20.9. The van der Waals surface area contributed by atoms with Gasteiger partial charge in [0, 0.05) is 16.6 Å². The number of fused-ring (bicyclic) bond motifs is 1. The molecule has 4 aromatic rings. The van der Waals surface area contributed by atoms with Crippen LogP contribution in [0.1, 0.15) is 0 Å². The Balaban J connectivity index is 1.63. The fourth-order valence-electron chi connectivity index (χ4n) is 3.02. The Hall–Kier alpha value is -3.13. The molecule has 0 fully saturated rings. The molecule has 154 valence electrons. The van der Waals surface area contributed by atoms with Crippen molar-refractivity contribution in [3.05, 3.63) is 72.5 Å². The van der Waals surface area contributed by atoms with Crippen LogP contribution in [0.15, 0.2) is 66.7 Å². The highest BCUT2D eigenvalue weighted by Crippen LogP contribution is 2.47. The molecule has 0 unspecified atom stereocenters. The maximum atomic E-state index is 13.4. The van der Waals surface area contributed by atoms with E-state index < -0.39 is 0 Å². The van der Waals surface area contributed by atoms with E-state index in [2.05, 4.69) is 10.9 Å². The molecule has 0 saturated heterocycles. The second kappa shape index (κ2) is 9.13. The number of phenolic OH excluding ortho intramolecular Hbond substituents is 1. The van der Waals surface area contributed by atoms with Gasteiger partial charge in [0.15, 0.2) is 5.75 Å². The summed E-state index contributed by atoms with van der Waals surface area (Å²) < 4.78 is 26.2. The molecule has 1 aromatic heterocycles. The summed E-state index contributed by atoms with van der Waals surface area (Å²) in [5.74, 6) is 1.98. The lowest BCUT2D eigenvalue weighted by atomic mass is 10.1. The second-order valence-electron chi connectivity index (χ2n) is 6.55. The number of benzene rings is 3. The van der Waals surface area contributed by atoms with Gasteiger partial charge in [-0.15, -0.1) is 11.3 Å². The minimum absolute atomic E-state index is 0.190. The minimum Gasteiger partial charge on any atom is -0.508 e. The van der Waals surface area contributed by atoms with Crippen molar-refractivity contribution in [2.75, 3.05) is 20.2 Å². The van der Waals surface area contributed by atoms with Crippen LogP contribution in [0.25, 0.3) is 20.5 Å². The normalized spacial score (nSPS) is 11.0. The van der Waals surface area contributed by atoms with Gasteiger partial charge in [0.1, 0.15) is 29.7 Å². The monoisotopic (exact) mass is 424 g/mol. The van der Waals surface area contributed by atoms with Crippen LogP contribution in [-0.4, -0.2) is 25.3 Å². The lowest BCUT2D eigenvalue weighted by Gasteiger charge is -2.10. The van der Waals surface area contributed by atoms with Gasteiger partial charge in [-0.1, -0.05) is 12.1 Å². The van der Waals surface area contributed by atoms with Crippen molar-refractivity contribution in [1.29, 1.82) is 0 Å². The smallest absolute Gasteiger partial charge is 0.153 e. The quantitative estimate of drug-likeness (QED) is 0.264. The SMILES string of the molecule is CNNCCOc1ccc(Oc2c(-c3ccc(F)cc3)sc3cc(O)ccc23)cc1. The number of nitrogens with one attached hydrogen (secondary N) is 2. The Morgan fingerprint density at radius 1 is 0.967 bits per heavy atom. The molecule has 5 nitrogen and oxygen atoms in total. The lowest BCUT2D eigenvalue weighted by Crippen LogP contribution is -2.31. The van der Waals surface area contributed by atoms with Gasteiger partial charge >= 0.3 is 0 Å². The first-order valence-electron chi connectivity index (χ1n) is 9.46. The van der Waals surface area contributed by atoms with E-state index in [1.807, 2.05) is 37.4 Å². The fourth-order valence-corrected chi connectivity index (χ4v) is 4.19. The molecule has 3 N–H and O–H groups in total. The van der Waals surface area contributed by atoms with Crippen LogP contribution in [0.3, 0.4) is 0 Å². The fraction of sp³-hybridized carbons (Fsp3) is 0.130. The third-order valence-electron chi connectivity index (χ3n) is 4.45.